The van der Waals surface area contributed by atoms with Gasteiger partial charge in [-0.25, -0.2) is 0 Å². The van der Waals surface area contributed by atoms with Crippen LogP contribution in [0, 0.1) is 0 Å². The molecule has 2 aromatic rings. The van der Waals surface area contributed by atoms with Crippen LogP contribution in [0.1, 0.15) is 37.9 Å². The van der Waals surface area contributed by atoms with E-state index in [-0.39, 0.29) is 11.9 Å². The van der Waals surface area contributed by atoms with Crippen LogP contribution in [0.4, 0.5) is 5.69 Å². The predicted octanol–water partition coefficient (Wildman–Crippen LogP) is 4.20. The molecule has 1 aliphatic rings. The maximum Gasteiger partial charge on any atom is 0.221 e. The summed E-state index contributed by atoms with van der Waals surface area (Å²) in [6.07, 6.45) is 0. The van der Waals surface area contributed by atoms with Crippen LogP contribution in [-0.4, -0.2) is 11.6 Å². The first-order valence-corrected chi connectivity index (χ1v) is 7.08. The summed E-state index contributed by atoms with van der Waals surface area (Å²) in [4.78, 5) is 16.0. The number of hydrogen-bond donors (Lipinski definition) is 1. The topological polar surface area (TPSA) is 41.5 Å². The molecule has 2 aromatic carbocycles. The minimum absolute atomic E-state index is 0.0231. The van der Waals surface area contributed by atoms with Gasteiger partial charge in [0.25, 0.3) is 0 Å². The van der Waals surface area contributed by atoms with Gasteiger partial charge in [-0.2, -0.15) is 0 Å². The number of carbonyl (C=O) groups is 1. The number of fused-ring (bicyclic) bond motifs is 3. The van der Waals surface area contributed by atoms with E-state index in [9.17, 15) is 4.79 Å². The summed E-state index contributed by atoms with van der Waals surface area (Å²) < 4.78 is 0. The largest absolute Gasteiger partial charge is 0.326 e. The molecule has 1 atom stereocenters. The van der Waals surface area contributed by atoms with Crippen molar-refractivity contribution < 1.29 is 4.79 Å². The van der Waals surface area contributed by atoms with Crippen molar-refractivity contribution in [3.63, 3.8) is 0 Å². The molecule has 3 nitrogen and oxygen atoms in total. The van der Waals surface area contributed by atoms with E-state index in [0.717, 1.165) is 17.0 Å². The van der Waals surface area contributed by atoms with E-state index in [2.05, 4.69) is 29.6 Å². The Labute approximate surface area is 124 Å². The summed E-state index contributed by atoms with van der Waals surface area (Å²) >= 11 is 0. The van der Waals surface area contributed by atoms with Gasteiger partial charge < -0.3 is 5.32 Å². The zero-order valence-electron chi connectivity index (χ0n) is 12.5. The average Bonchev–Trinajstić information content (AvgIpc) is 2.72. The summed E-state index contributed by atoms with van der Waals surface area (Å²) in [6.45, 7) is 5.55. The third-order valence-electron chi connectivity index (χ3n) is 3.60. The van der Waals surface area contributed by atoms with Crippen molar-refractivity contribution in [1.82, 2.24) is 0 Å². The molecule has 0 saturated heterocycles. The van der Waals surface area contributed by atoms with E-state index in [1.54, 1.807) is 0 Å². The van der Waals surface area contributed by atoms with Gasteiger partial charge >= 0.3 is 0 Å². The SMILES string of the molecule is CC(=O)Nc1ccc2c(c1)C(N=C(C)C)c1ccccc1-2. The van der Waals surface area contributed by atoms with Gasteiger partial charge in [-0.1, -0.05) is 30.3 Å². The average molecular weight is 278 g/mol. The Hall–Kier alpha value is -2.42. The Morgan fingerprint density at radius 1 is 1.00 bits per heavy atom. The Morgan fingerprint density at radius 2 is 1.71 bits per heavy atom. The zero-order chi connectivity index (χ0) is 15.0. The van der Waals surface area contributed by atoms with Crippen molar-refractivity contribution in [2.75, 3.05) is 5.32 Å². The van der Waals surface area contributed by atoms with E-state index in [4.69, 9.17) is 4.99 Å². The van der Waals surface area contributed by atoms with Crippen molar-refractivity contribution in [2.24, 2.45) is 4.99 Å². The predicted molar refractivity (Wildman–Crippen MR) is 86.8 cm³/mol. The molecule has 1 unspecified atom stereocenters. The number of nitrogens with zero attached hydrogens (tertiary/aromatic N) is 1. The molecule has 1 amide bonds. The summed E-state index contributed by atoms with van der Waals surface area (Å²) in [5, 5.41) is 2.85. The molecule has 0 radical (unpaired) electrons. The highest BCUT2D eigenvalue weighted by molar-refractivity contribution is 5.90. The molecule has 1 aliphatic carbocycles. The van der Waals surface area contributed by atoms with Crippen molar-refractivity contribution in [2.45, 2.75) is 26.8 Å². The molecular weight excluding hydrogens is 260 g/mol. The van der Waals surface area contributed by atoms with Gasteiger partial charge in [0.1, 0.15) is 6.04 Å². The van der Waals surface area contributed by atoms with E-state index >= 15 is 0 Å². The van der Waals surface area contributed by atoms with Crippen LogP contribution >= 0.6 is 0 Å². The lowest BCUT2D eigenvalue weighted by Gasteiger charge is -2.11. The van der Waals surface area contributed by atoms with E-state index in [1.807, 2.05) is 32.0 Å². The van der Waals surface area contributed by atoms with Crippen LogP contribution in [0.5, 0.6) is 0 Å². The van der Waals surface area contributed by atoms with E-state index in [0.29, 0.717) is 0 Å². The third kappa shape index (κ3) is 2.47. The lowest BCUT2D eigenvalue weighted by Crippen LogP contribution is -2.06. The van der Waals surface area contributed by atoms with E-state index in [1.165, 1.54) is 23.6 Å². The van der Waals surface area contributed by atoms with Crippen LogP contribution in [0.3, 0.4) is 0 Å². The number of carbonyl (C=O) groups excluding carboxylic acids is 1. The number of hydrogen-bond acceptors (Lipinski definition) is 2. The van der Waals surface area contributed by atoms with Gasteiger partial charge in [0.15, 0.2) is 0 Å². The summed E-state index contributed by atoms with van der Waals surface area (Å²) in [7, 11) is 0. The van der Waals surface area contributed by atoms with Gasteiger partial charge in [-0.3, -0.25) is 9.79 Å². The molecule has 1 N–H and O–H groups in total. The maximum absolute atomic E-state index is 11.3. The Bertz CT molecular complexity index is 743. The molecule has 3 rings (SSSR count). The number of rotatable bonds is 2. The van der Waals surface area contributed by atoms with Crippen molar-refractivity contribution in [3.8, 4) is 11.1 Å². The highest BCUT2D eigenvalue weighted by atomic mass is 16.1. The van der Waals surface area contributed by atoms with Crippen molar-refractivity contribution in [3.05, 3.63) is 53.6 Å². The summed E-state index contributed by atoms with van der Waals surface area (Å²) in [5.74, 6) is -0.0582. The molecule has 21 heavy (non-hydrogen) atoms. The fourth-order valence-electron chi connectivity index (χ4n) is 2.86. The van der Waals surface area contributed by atoms with Crippen LogP contribution in [0.2, 0.25) is 0 Å². The monoisotopic (exact) mass is 278 g/mol. The lowest BCUT2D eigenvalue weighted by atomic mass is 10.0. The first kappa shape index (κ1) is 13.6. The number of aliphatic imine (C=N–C) groups is 1. The molecule has 0 aromatic heterocycles. The quantitative estimate of drug-likeness (QED) is 0.822. The molecule has 0 saturated carbocycles. The highest BCUT2D eigenvalue weighted by Crippen LogP contribution is 2.46. The molecule has 3 heteroatoms. The number of benzene rings is 2. The van der Waals surface area contributed by atoms with Gasteiger partial charge in [0, 0.05) is 18.3 Å². The maximum atomic E-state index is 11.3. The van der Waals surface area contributed by atoms with Crippen LogP contribution < -0.4 is 5.32 Å². The molecule has 106 valence electrons. The van der Waals surface area contributed by atoms with Gasteiger partial charge in [0.05, 0.1) is 0 Å². The van der Waals surface area contributed by atoms with Crippen molar-refractivity contribution in [1.29, 1.82) is 0 Å². The first-order chi connectivity index (χ1) is 10.1. The van der Waals surface area contributed by atoms with Crippen LogP contribution in [0.25, 0.3) is 11.1 Å². The van der Waals surface area contributed by atoms with Gasteiger partial charge in [-0.05, 0) is 48.2 Å². The van der Waals surface area contributed by atoms with Gasteiger partial charge in [-0.15, -0.1) is 0 Å². The Kier molecular flexibility index (Phi) is 3.34. The zero-order valence-corrected chi connectivity index (χ0v) is 12.5. The van der Waals surface area contributed by atoms with E-state index < -0.39 is 0 Å². The number of anilines is 1. The summed E-state index contributed by atoms with van der Waals surface area (Å²) in [6, 6.07) is 14.4. The molecule has 0 fully saturated rings. The van der Waals surface area contributed by atoms with Gasteiger partial charge in [0.2, 0.25) is 5.91 Å². The Morgan fingerprint density at radius 3 is 2.43 bits per heavy atom. The molecule has 0 spiro atoms. The standard InChI is InChI=1S/C18H18N2O/c1-11(2)19-18-16-7-5-4-6-14(16)15-9-8-13(10-17(15)18)20-12(3)21/h4-10,18H,1-3H3,(H,20,21). The third-order valence-corrected chi connectivity index (χ3v) is 3.60. The second-order valence-corrected chi connectivity index (χ2v) is 5.55. The Balaban J connectivity index is 2.16. The highest BCUT2D eigenvalue weighted by Gasteiger charge is 2.28. The minimum Gasteiger partial charge on any atom is -0.326 e. The molecular formula is C18H18N2O. The smallest absolute Gasteiger partial charge is 0.221 e. The number of nitrogens with one attached hydrogen (secondary N) is 1. The summed E-state index contributed by atoms with van der Waals surface area (Å²) in [5.41, 5.74) is 6.69. The fourth-order valence-corrected chi connectivity index (χ4v) is 2.86. The van der Waals surface area contributed by atoms with Crippen LogP contribution in [0.15, 0.2) is 47.5 Å². The lowest BCUT2D eigenvalue weighted by molar-refractivity contribution is -0.114. The van der Waals surface area contributed by atoms with Crippen molar-refractivity contribution >= 4 is 17.3 Å². The minimum atomic E-state index is -0.0582. The molecule has 0 bridgehead atoms. The first-order valence-electron chi connectivity index (χ1n) is 7.08. The second kappa shape index (κ2) is 5.17. The molecule has 0 aliphatic heterocycles. The fraction of sp³-hybridized carbons (Fsp3) is 0.222. The molecule has 0 heterocycles. The normalized spacial score (nSPS) is 15.1. The van der Waals surface area contributed by atoms with Crippen LogP contribution in [-0.2, 0) is 4.79 Å². The second-order valence-electron chi connectivity index (χ2n) is 5.55. The number of amides is 1.